The second-order valence-corrected chi connectivity index (χ2v) is 3.76. The lowest BCUT2D eigenvalue weighted by Gasteiger charge is -2.23. The van der Waals surface area contributed by atoms with E-state index in [2.05, 4.69) is 0 Å². The fraction of sp³-hybridized carbons (Fsp3) is 1.00. The average Bonchev–Trinajstić information content (AvgIpc) is 2.69. The van der Waals surface area contributed by atoms with Crippen LogP contribution in [0.3, 0.4) is 0 Å². The van der Waals surface area contributed by atoms with E-state index < -0.39 is 0 Å². The summed E-state index contributed by atoms with van der Waals surface area (Å²) in [7, 11) is 0. The summed E-state index contributed by atoms with van der Waals surface area (Å²) >= 11 is 0. The Morgan fingerprint density at radius 3 is 2.62 bits per heavy atom. The molecule has 0 bridgehead atoms. The van der Waals surface area contributed by atoms with E-state index in [0.29, 0.717) is 12.7 Å². The van der Waals surface area contributed by atoms with Crippen molar-refractivity contribution in [2.24, 2.45) is 0 Å². The molecule has 0 aromatic rings. The minimum Gasteiger partial charge on any atom is -0.376 e. The smallest absolute Gasteiger partial charge is 0.157 e. The van der Waals surface area contributed by atoms with Gasteiger partial charge in [0.1, 0.15) is 0 Å². The summed E-state index contributed by atoms with van der Waals surface area (Å²) in [5.74, 6) is 0. The van der Waals surface area contributed by atoms with E-state index in [1.54, 1.807) is 0 Å². The number of hydrogen-bond acceptors (Lipinski definition) is 3. The van der Waals surface area contributed by atoms with Crippen molar-refractivity contribution in [3.8, 4) is 0 Å². The molecule has 2 rings (SSSR count). The van der Waals surface area contributed by atoms with Gasteiger partial charge < -0.3 is 14.2 Å². The summed E-state index contributed by atoms with van der Waals surface area (Å²) in [4.78, 5) is 0. The SMILES string of the molecule is C1CC[C@@H](OC[C@@H]2CCCO2)OC1. The zero-order chi connectivity index (χ0) is 8.93. The Morgan fingerprint density at radius 1 is 1.00 bits per heavy atom. The molecular formula is C10H18O3. The minimum absolute atomic E-state index is 0.0398. The first-order chi connectivity index (χ1) is 6.45. The van der Waals surface area contributed by atoms with E-state index in [0.717, 1.165) is 26.1 Å². The molecule has 2 heterocycles. The molecule has 0 aliphatic carbocycles. The van der Waals surface area contributed by atoms with Crippen LogP contribution in [0.15, 0.2) is 0 Å². The van der Waals surface area contributed by atoms with Crippen LogP contribution in [0.2, 0.25) is 0 Å². The summed E-state index contributed by atoms with van der Waals surface area (Å²) in [6.45, 7) is 2.47. The number of rotatable bonds is 3. The molecule has 0 unspecified atom stereocenters. The molecule has 0 saturated carbocycles. The molecule has 13 heavy (non-hydrogen) atoms. The molecule has 0 radical (unpaired) electrons. The van der Waals surface area contributed by atoms with Crippen molar-refractivity contribution >= 4 is 0 Å². The highest BCUT2D eigenvalue weighted by atomic mass is 16.7. The largest absolute Gasteiger partial charge is 0.376 e. The van der Waals surface area contributed by atoms with Crippen molar-refractivity contribution in [1.29, 1.82) is 0 Å². The van der Waals surface area contributed by atoms with Crippen molar-refractivity contribution in [3.05, 3.63) is 0 Å². The Bertz CT molecular complexity index is 137. The molecule has 0 spiro atoms. The Labute approximate surface area is 79.4 Å². The monoisotopic (exact) mass is 186 g/mol. The number of ether oxygens (including phenoxy) is 3. The third kappa shape index (κ3) is 2.93. The van der Waals surface area contributed by atoms with Crippen LogP contribution in [0.4, 0.5) is 0 Å². The Hall–Kier alpha value is -0.120. The summed E-state index contributed by atoms with van der Waals surface area (Å²) in [6.07, 6.45) is 6.15. The van der Waals surface area contributed by atoms with Gasteiger partial charge in [0, 0.05) is 13.2 Å². The maximum atomic E-state index is 5.62. The predicted octanol–water partition coefficient (Wildman–Crippen LogP) is 1.71. The summed E-state index contributed by atoms with van der Waals surface area (Å²) in [5, 5.41) is 0. The lowest BCUT2D eigenvalue weighted by Crippen LogP contribution is -2.26. The molecule has 2 aliphatic rings. The van der Waals surface area contributed by atoms with E-state index in [1.165, 1.54) is 19.3 Å². The van der Waals surface area contributed by atoms with Crippen molar-refractivity contribution in [1.82, 2.24) is 0 Å². The van der Waals surface area contributed by atoms with Crippen LogP contribution in [0.1, 0.15) is 32.1 Å². The average molecular weight is 186 g/mol. The molecule has 2 atom stereocenters. The van der Waals surface area contributed by atoms with Crippen LogP contribution in [-0.4, -0.2) is 32.2 Å². The molecule has 76 valence electrons. The Balaban J connectivity index is 1.60. The third-order valence-electron chi connectivity index (χ3n) is 2.63. The maximum Gasteiger partial charge on any atom is 0.157 e. The Morgan fingerprint density at radius 2 is 1.92 bits per heavy atom. The molecule has 0 aromatic heterocycles. The first kappa shape index (κ1) is 9.44. The van der Waals surface area contributed by atoms with Gasteiger partial charge in [0.05, 0.1) is 12.7 Å². The summed E-state index contributed by atoms with van der Waals surface area (Å²) in [5.41, 5.74) is 0. The fourth-order valence-electron chi connectivity index (χ4n) is 1.83. The number of hydrogen-bond donors (Lipinski definition) is 0. The summed E-state index contributed by atoms with van der Waals surface area (Å²) < 4.78 is 16.5. The maximum absolute atomic E-state index is 5.62. The molecular weight excluding hydrogens is 168 g/mol. The van der Waals surface area contributed by atoms with Gasteiger partial charge in [0.2, 0.25) is 0 Å². The fourth-order valence-corrected chi connectivity index (χ4v) is 1.83. The van der Waals surface area contributed by atoms with Crippen molar-refractivity contribution in [2.45, 2.75) is 44.5 Å². The topological polar surface area (TPSA) is 27.7 Å². The predicted molar refractivity (Wildman–Crippen MR) is 48.5 cm³/mol. The highest BCUT2D eigenvalue weighted by molar-refractivity contribution is 4.64. The molecule has 2 saturated heterocycles. The van der Waals surface area contributed by atoms with Gasteiger partial charge in [-0.3, -0.25) is 0 Å². The standard InChI is InChI=1S/C10H18O3/c1-2-6-12-10(5-1)13-8-9-4-3-7-11-9/h9-10H,1-8H2/t9-,10+/m0/s1. The van der Waals surface area contributed by atoms with Gasteiger partial charge in [-0.05, 0) is 32.1 Å². The normalized spacial score (nSPS) is 35.1. The van der Waals surface area contributed by atoms with Crippen LogP contribution in [-0.2, 0) is 14.2 Å². The zero-order valence-corrected chi connectivity index (χ0v) is 8.04. The van der Waals surface area contributed by atoms with Gasteiger partial charge in [-0.15, -0.1) is 0 Å². The van der Waals surface area contributed by atoms with Crippen LogP contribution in [0.5, 0.6) is 0 Å². The summed E-state index contributed by atoms with van der Waals surface area (Å²) in [6, 6.07) is 0. The van der Waals surface area contributed by atoms with Crippen LogP contribution < -0.4 is 0 Å². The van der Waals surface area contributed by atoms with Crippen molar-refractivity contribution in [2.75, 3.05) is 19.8 Å². The molecule has 0 amide bonds. The highest BCUT2D eigenvalue weighted by Gasteiger charge is 2.19. The van der Waals surface area contributed by atoms with Crippen molar-refractivity contribution in [3.63, 3.8) is 0 Å². The lowest BCUT2D eigenvalue weighted by atomic mass is 10.2. The molecule has 2 fully saturated rings. The van der Waals surface area contributed by atoms with E-state index in [1.807, 2.05) is 0 Å². The molecule has 3 nitrogen and oxygen atoms in total. The molecule has 0 N–H and O–H groups in total. The van der Waals surface area contributed by atoms with Gasteiger partial charge in [0.15, 0.2) is 6.29 Å². The molecule has 2 aliphatic heterocycles. The molecule has 3 heteroatoms. The van der Waals surface area contributed by atoms with Crippen LogP contribution in [0.25, 0.3) is 0 Å². The second kappa shape index (κ2) is 4.94. The van der Waals surface area contributed by atoms with Gasteiger partial charge >= 0.3 is 0 Å². The van der Waals surface area contributed by atoms with E-state index in [9.17, 15) is 0 Å². The first-order valence-corrected chi connectivity index (χ1v) is 5.30. The van der Waals surface area contributed by atoms with E-state index in [-0.39, 0.29) is 6.29 Å². The Kier molecular flexibility index (Phi) is 3.58. The van der Waals surface area contributed by atoms with Gasteiger partial charge in [-0.1, -0.05) is 0 Å². The minimum atomic E-state index is 0.0398. The van der Waals surface area contributed by atoms with E-state index >= 15 is 0 Å². The second-order valence-electron chi connectivity index (χ2n) is 3.76. The molecule has 0 aromatic carbocycles. The van der Waals surface area contributed by atoms with Gasteiger partial charge in [0.25, 0.3) is 0 Å². The van der Waals surface area contributed by atoms with Gasteiger partial charge in [-0.2, -0.15) is 0 Å². The van der Waals surface area contributed by atoms with Gasteiger partial charge in [-0.25, -0.2) is 0 Å². The van der Waals surface area contributed by atoms with Crippen LogP contribution >= 0.6 is 0 Å². The van der Waals surface area contributed by atoms with Crippen LogP contribution in [0, 0.1) is 0 Å². The third-order valence-corrected chi connectivity index (χ3v) is 2.63. The van der Waals surface area contributed by atoms with Crippen molar-refractivity contribution < 1.29 is 14.2 Å². The highest BCUT2D eigenvalue weighted by Crippen LogP contribution is 2.17. The van der Waals surface area contributed by atoms with E-state index in [4.69, 9.17) is 14.2 Å². The first-order valence-electron chi connectivity index (χ1n) is 5.30. The quantitative estimate of drug-likeness (QED) is 0.671. The zero-order valence-electron chi connectivity index (χ0n) is 8.04. The lowest BCUT2D eigenvalue weighted by molar-refractivity contribution is -0.175.